The summed E-state index contributed by atoms with van der Waals surface area (Å²) in [7, 11) is 1.64. The molecule has 0 bridgehead atoms. The van der Waals surface area contributed by atoms with E-state index < -0.39 is 11.4 Å². The van der Waals surface area contributed by atoms with Gasteiger partial charge in [-0.2, -0.15) is 0 Å². The second kappa shape index (κ2) is 5.24. The third kappa shape index (κ3) is 2.34. The Morgan fingerprint density at radius 3 is 2.11 bits per heavy atom. The van der Waals surface area contributed by atoms with Gasteiger partial charge < -0.3 is 9.84 Å². The third-order valence-corrected chi connectivity index (χ3v) is 4.34. The van der Waals surface area contributed by atoms with Crippen LogP contribution in [0.4, 0.5) is 0 Å². The van der Waals surface area contributed by atoms with Crippen LogP contribution in [0.5, 0.6) is 5.75 Å². The molecule has 1 saturated carbocycles. The van der Waals surface area contributed by atoms with Crippen molar-refractivity contribution in [2.24, 2.45) is 0 Å². The minimum absolute atomic E-state index is 0.677. The number of carbonyl (C=O) groups is 1. The average Bonchev–Trinajstić information content (AvgIpc) is 2.38. The average molecular weight is 262 g/mol. The van der Waals surface area contributed by atoms with Crippen molar-refractivity contribution in [3.63, 3.8) is 0 Å². The summed E-state index contributed by atoms with van der Waals surface area (Å²) >= 11 is 0. The number of benzene rings is 1. The van der Waals surface area contributed by atoms with Gasteiger partial charge >= 0.3 is 5.97 Å². The summed E-state index contributed by atoms with van der Waals surface area (Å²) < 4.78 is 5.26. The molecule has 1 aliphatic rings. The summed E-state index contributed by atoms with van der Waals surface area (Å²) in [5.41, 5.74) is 2.36. The number of rotatable bonds is 3. The van der Waals surface area contributed by atoms with E-state index in [2.05, 4.69) is 0 Å². The molecule has 0 atom stereocenters. The lowest BCUT2D eigenvalue weighted by molar-refractivity contribution is -0.145. The van der Waals surface area contributed by atoms with Crippen molar-refractivity contribution in [1.29, 1.82) is 0 Å². The van der Waals surface area contributed by atoms with Crippen LogP contribution in [-0.4, -0.2) is 18.2 Å². The van der Waals surface area contributed by atoms with E-state index in [0.717, 1.165) is 54.5 Å². The maximum Gasteiger partial charge on any atom is 0.314 e. The van der Waals surface area contributed by atoms with Crippen LogP contribution < -0.4 is 4.74 Å². The zero-order valence-electron chi connectivity index (χ0n) is 12.0. The molecule has 0 spiro atoms. The second-order valence-electron chi connectivity index (χ2n) is 5.58. The first-order valence-electron chi connectivity index (χ1n) is 6.90. The number of hydrogen-bond acceptors (Lipinski definition) is 2. The smallest absolute Gasteiger partial charge is 0.314 e. The Hall–Kier alpha value is -1.51. The number of aryl methyl sites for hydroxylation is 2. The molecule has 19 heavy (non-hydrogen) atoms. The standard InChI is InChI=1S/C16H22O3/c1-11-9-13(19-3)10-12(2)14(11)16(15(17)18)7-5-4-6-8-16/h9-10H,4-8H2,1-3H3,(H,17,18). The summed E-state index contributed by atoms with van der Waals surface area (Å²) in [5, 5.41) is 9.79. The van der Waals surface area contributed by atoms with Crippen LogP contribution in [0.25, 0.3) is 0 Å². The second-order valence-corrected chi connectivity index (χ2v) is 5.58. The minimum Gasteiger partial charge on any atom is -0.497 e. The molecular formula is C16H22O3. The lowest BCUT2D eigenvalue weighted by atomic mass is 9.67. The van der Waals surface area contributed by atoms with Gasteiger partial charge in [-0.3, -0.25) is 4.79 Å². The highest BCUT2D eigenvalue weighted by Crippen LogP contribution is 2.43. The maximum absolute atomic E-state index is 11.9. The molecule has 1 aromatic rings. The topological polar surface area (TPSA) is 46.5 Å². The first kappa shape index (κ1) is 13.9. The Kier molecular flexibility index (Phi) is 3.83. The Balaban J connectivity index is 2.57. The fourth-order valence-corrected chi connectivity index (χ4v) is 3.52. The lowest BCUT2D eigenvalue weighted by Gasteiger charge is -2.36. The normalized spacial score (nSPS) is 18.1. The molecule has 3 heteroatoms. The quantitative estimate of drug-likeness (QED) is 0.905. The van der Waals surface area contributed by atoms with Gasteiger partial charge in [-0.25, -0.2) is 0 Å². The van der Waals surface area contributed by atoms with Gasteiger partial charge in [0, 0.05) is 0 Å². The summed E-state index contributed by atoms with van der Waals surface area (Å²) in [5.74, 6) is 0.124. The zero-order valence-corrected chi connectivity index (χ0v) is 12.0. The molecule has 0 radical (unpaired) electrons. The predicted octanol–water partition coefficient (Wildman–Crippen LogP) is 3.60. The number of methoxy groups -OCH3 is 1. The van der Waals surface area contributed by atoms with Crippen LogP contribution in [0.1, 0.15) is 48.8 Å². The van der Waals surface area contributed by atoms with Crippen molar-refractivity contribution in [2.75, 3.05) is 7.11 Å². The Bertz CT molecular complexity index is 462. The summed E-state index contributed by atoms with van der Waals surface area (Å²) in [6.07, 6.45) is 4.63. The maximum atomic E-state index is 11.9. The molecule has 0 heterocycles. The van der Waals surface area contributed by atoms with E-state index in [0.29, 0.717) is 0 Å². The van der Waals surface area contributed by atoms with Gasteiger partial charge in [0.05, 0.1) is 12.5 Å². The van der Waals surface area contributed by atoms with E-state index in [1.54, 1.807) is 7.11 Å². The molecule has 3 nitrogen and oxygen atoms in total. The van der Waals surface area contributed by atoms with Crippen LogP contribution in [0, 0.1) is 13.8 Å². The molecule has 1 N–H and O–H groups in total. The van der Waals surface area contributed by atoms with Gasteiger partial charge in [0.2, 0.25) is 0 Å². The van der Waals surface area contributed by atoms with E-state index in [-0.39, 0.29) is 0 Å². The zero-order chi connectivity index (χ0) is 14.0. The molecule has 1 fully saturated rings. The molecule has 0 unspecified atom stereocenters. The van der Waals surface area contributed by atoms with Crippen LogP contribution in [-0.2, 0) is 10.2 Å². The van der Waals surface area contributed by atoms with Gasteiger partial charge in [-0.05, 0) is 55.5 Å². The SMILES string of the molecule is COc1cc(C)c(C2(C(=O)O)CCCCC2)c(C)c1. The number of aliphatic carboxylic acids is 1. The number of hydrogen-bond donors (Lipinski definition) is 1. The van der Waals surface area contributed by atoms with Gasteiger partial charge in [-0.15, -0.1) is 0 Å². The molecule has 0 saturated heterocycles. The van der Waals surface area contributed by atoms with Crippen LogP contribution >= 0.6 is 0 Å². The number of ether oxygens (including phenoxy) is 1. The molecule has 104 valence electrons. The number of carboxylic acid groups (broad SMARTS) is 1. The van der Waals surface area contributed by atoms with E-state index in [1.165, 1.54) is 0 Å². The largest absolute Gasteiger partial charge is 0.497 e. The summed E-state index contributed by atoms with van der Waals surface area (Å²) in [6.45, 7) is 3.98. The van der Waals surface area contributed by atoms with Crippen molar-refractivity contribution in [1.82, 2.24) is 0 Å². The first-order chi connectivity index (χ1) is 9.01. The summed E-state index contributed by atoms with van der Waals surface area (Å²) in [6, 6.07) is 3.89. The molecule has 0 amide bonds. The highest BCUT2D eigenvalue weighted by atomic mass is 16.5. The highest BCUT2D eigenvalue weighted by Gasteiger charge is 2.43. The summed E-state index contributed by atoms with van der Waals surface area (Å²) in [4.78, 5) is 11.9. The van der Waals surface area contributed by atoms with E-state index in [4.69, 9.17) is 4.74 Å². The van der Waals surface area contributed by atoms with Crippen molar-refractivity contribution < 1.29 is 14.6 Å². The van der Waals surface area contributed by atoms with Gasteiger partial charge in [-0.1, -0.05) is 19.3 Å². The van der Waals surface area contributed by atoms with E-state index in [1.807, 2.05) is 26.0 Å². The highest BCUT2D eigenvalue weighted by molar-refractivity contribution is 5.83. The molecular weight excluding hydrogens is 240 g/mol. The molecule has 1 aliphatic carbocycles. The van der Waals surface area contributed by atoms with Crippen molar-refractivity contribution in [3.05, 3.63) is 28.8 Å². The monoisotopic (exact) mass is 262 g/mol. The fourth-order valence-electron chi connectivity index (χ4n) is 3.52. The predicted molar refractivity (Wildman–Crippen MR) is 74.9 cm³/mol. The molecule has 0 aromatic heterocycles. The Labute approximate surface area is 114 Å². The molecule has 2 rings (SSSR count). The number of carboxylic acids is 1. The Morgan fingerprint density at radius 2 is 1.68 bits per heavy atom. The van der Waals surface area contributed by atoms with Crippen molar-refractivity contribution >= 4 is 5.97 Å². The van der Waals surface area contributed by atoms with Crippen molar-refractivity contribution in [3.8, 4) is 5.75 Å². The van der Waals surface area contributed by atoms with E-state index in [9.17, 15) is 9.90 Å². The molecule has 0 aliphatic heterocycles. The third-order valence-electron chi connectivity index (χ3n) is 4.34. The van der Waals surface area contributed by atoms with Crippen molar-refractivity contribution in [2.45, 2.75) is 51.4 Å². The van der Waals surface area contributed by atoms with Gasteiger partial charge in [0.25, 0.3) is 0 Å². The fraction of sp³-hybridized carbons (Fsp3) is 0.562. The lowest BCUT2D eigenvalue weighted by Crippen LogP contribution is -2.39. The van der Waals surface area contributed by atoms with Crippen LogP contribution in [0.15, 0.2) is 12.1 Å². The van der Waals surface area contributed by atoms with E-state index >= 15 is 0 Å². The first-order valence-corrected chi connectivity index (χ1v) is 6.90. The van der Waals surface area contributed by atoms with Crippen LogP contribution in [0.3, 0.4) is 0 Å². The minimum atomic E-state index is -0.696. The molecule has 1 aromatic carbocycles. The van der Waals surface area contributed by atoms with Gasteiger partial charge in [0.1, 0.15) is 5.75 Å². The van der Waals surface area contributed by atoms with Crippen LogP contribution in [0.2, 0.25) is 0 Å². The Morgan fingerprint density at radius 1 is 1.16 bits per heavy atom. The van der Waals surface area contributed by atoms with Gasteiger partial charge in [0.15, 0.2) is 0 Å².